The van der Waals surface area contributed by atoms with E-state index in [4.69, 9.17) is 20.4 Å². The van der Waals surface area contributed by atoms with Crippen LogP contribution in [-0.2, 0) is 14.3 Å². The Morgan fingerprint density at radius 2 is 2.00 bits per heavy atom. The minimum atomic E-state index is -0.675. The van der Waals surface area contributed by atoms with E-state index in [1.165, 1.54) is 0 Å². The SMILES string of the molecule is COCCN(C(=O)C(C)C(N)=NO)C(C)COC. The first-order valence-electron chi connectivity index (χ1n) is 5.75. The van der Waals surface area contributed by atoms with Gasteiger partial charge in [0.2, 0.25) is 5.91 Å². The highest BCUT2D eigenvalue weighted by Gasteiger charge is 2.27. The van der Waals surface area contributed by atoms with Crippen molar-refractivity contribution in [2.45, 2.75) is 19.9 Å². The standard InChI is InChI=1S/C11H23N3O4/c1-8(7-18-4)14(5-6-17-3)11(15)9(2)10(12)13-16/h8-9,16H,5-7H2,1-4H3,(H2,12,13). The van der Waals surface area contributed by atoms with Crippen molar-refractivity contribution in [2.24, 2.45) is 16.8 Å². The highest BCUT2D eigenvalue weighted by Crippen LogP contribution is 2.08. The topological polar surface area (TPSA) is 97.4 Å². The molecule has 0 aliphatic carbocycles. The molecule has 18 heavy (non-hydrogen) atoms. The van der Waals surface area contributed by atoms with Crippen LogP contribution in [0.25, 0.3) is 0 Å². The normalized spacial score (nSPS) is 15.2. The average Bonchev–Trinajstić information content (AvgIpc) is 2.37. The Bertz CT molecular complexity index is 283. The van der Waals surface area contributed by atoms with Crippen molar-refractivity contribution in [1.82, 2.24) is 4.90 Å². The lowest BCUT2D eigenvalue weighted by Crippen LogP contribution is -2.48. The van der Waals surface area contributed by atoms with Gasteiger partial charge in [0.15, 0.2) is 5.84 Å². The fraction of sp³-hybridized carbons (Fsp3) is 0.818. The molecular formula is C11H23N3O4. The van der Waals surface area contributed by atoms with Gasteiger partial charge in [0.1, 0.15) is 0 Å². The van der Waals surface area contributed by atoms with Gasteiger partial charge in [-0.3, -0.25) is 4.79 Å². The monoisotopic (exact) mass is 261 g/mol. The Labute approximate surface area is 108 Å². The number of nitrogens with two attached hydrogens (primary N) is 1. The van der Waals surface area contributed by atoms with Crippen molar-refractivity contribution < 1.29 is 19.5 Å². The third kappa shape index (κ3) is 4.89. The van der Waals surface area contributed by atoms with Gasteiger partial charge in [-0.25, -0.2) is 0 Å². The van der Waals surface area contributed by atoms with Crippen molar-refractivity contribution in [1.29, 1.82) is 0 Å². The lowest BCUT2D eigenvalue weighted by molar-refractivity contribution is -0.136. The van der Waals surface area contributed by atoms with E-state index in [0.717, 1.165) is 0 Å². The van der Waals surface area contributed by atoms with Crippen LogP contribution in [-0.4, -0.2) is 61.9 Å². The van der Waals surface area contributed by atoms with Gasteiger partial charge in [0, 0.05) is 20.8 Å². The van der Waals surface area contributed by atoms with Crippen molar-refractivity contribution in [3.8, 4) is 0 Å². The number of carbonyl (C=O) groups is 1. The van der Waals surface area contributed by atoms with Gasteiger partial charge in [-0.2, -0.15) is 0 Å². The summed E-state index contributed by atoms with van der Waals surface area (Å²) in [6.07, 6.45) is 0. The van der Waals surface area contributed by atoms with E-state index in [2.05, 4.69) is 5.16 Å². The van der Waals surface area contributed by atoms with Gasteiger partial charge < -0.3 is 25.3 Å². The molecule has 0 saturated heterocycles. The van der Waals surface area contributed by atoms with Gasteiger partial charge in [0.25, 0.3) is 0 Å². The van der Waals surface area contributed by atoms with E-state index in [0.29, 0.717) is 19.8 Å². The Kier molecular flexibility index (Phi) is 8.06. The number of hydrogen-bond acceptors (Lipinski definition) is 5. The van der Waals surface area contributed by atoms with Crippen molar-refractivity contribution in [2.75, 3.05) is 34.0 Å². The first kappa shape index (κ1) is 16.7. The fourth-order valence-corrected chi connectivity index (χ4v) is 1.53. The van der Waals surface area contributed by atoms with E-state index < -0.39 is 5.92 Å². The lowest BCUT2D eigenvalue weighted by Gasteiger charge is -2.30. The van der Waals surface area contributed by atoms with E-state index in [9.17, 15) is 4.79 Å². The zero-order valence-corrected chi connectivity index (χ0v) is 11.4. The minimum absolute atomic E-state index is 0.105. The van der Waals surface area contributed by atoms with Gasteiger partial charge in [-0.1, -0.05) is 5.16 Å². The van der Waals surface area contributed by atoms with Crippen LogP contribution < -0.4 is 5.73 Å². The Morgan fingerprint density at radius 3 is 2.44 bits per heavy atom. The second-order valence-electron chi connectivity index (χ2n) is 4.08. The summed E-state index contributed by atoms with van der Waals surface area (Å²) >= 11 is 0. The van der Waals surface area contributed by atoms with Crippen LogP contribution in [0.5, 0.6) is 0 Å². The zero-order valence-electron chi connectivity index (χ0n) is 11.4. The van der Waals surface area contributed by atoms with Crippen LogP contribution in [0.1, 0.15) is 13.8 Å². The highest BCUT2D eigenvalue weighted by atomic mass is 16.5. The van der Waals surface area contributed by atoms with E-state index in [1.54, 1.807) is 26.0 Å². The van der Waals surface area contributed by atoms with Gasteiger partial charge in [0.05, 0.1) is 25.2 Å². The summed E-state index contributed by atoms with van der Waals surface area (Å²) in [5.74, 6) is -0.995. The molecule has 0 aliphatic rings. The first-order valence-corrected chi connectivity index (χ1v) is 5.75. The Hall–Kier alpha value is -1.34. The molecule has 7 heteroatoms. The number of carbonyl (C=O) groups excluding carboxylic acids is 1. The summed E-state index contributed by atoms with van der Waals surface area (Å²) in [7, 11) is 3.14. The molecule has 0 aromatic rings. The van der Waals surface area contributed by atoms with Crippen molar-refractivity contribution in [3.63, 3.8) is 0 Å². The van der Waals surface area contributed by atoms with Crippen LogP contribution in [0.15, 0.2) is 5.16 Å². The fourth-order valence-electron chi connectivity index (χ4n) is 1.53. The number of hydrogen-bond donors (Lipinski definition) is 2. The van der Waals surface area contributed by atoms with Crippen LogP contribution in [0.2, 0.25) is 0 Å². The number of ether oxygens (including phenoxy) is 2. The van der Waals surface area contributed by atoms with Crippen LogP contribution >= 0.6 is 0 Å². The van der Waals surface area contributed by atoms with E-state index in [1.807, 2.05) is 6.92 Å². The quantitative estimate of drug-likeness (QED) is 0.275. The van der Waals surface area contributed by atoms with Gasteiger partial charge >= 0.3 is 0 Å². The first-order chi connectivity index (χ1) is 8.49. The molecule has 0 radical (unpaired) electrons. The summed E-state index contributed by atoms with van der Waals surface area (Å²) < 4.78 is 10.0. The van der Waals surface area contributed by atoms with E-state index >= 15 is 0 Å². The summed E-state index contributed by atoms with van der Waals surface area (Å²) in [6.45, 7) is 4.73. The molecule has 0 rings (SSSR count). The zero-order chi connectivity index (χ0) is 14.1. The predicted octanol–water partition coefficient (Wildman–Crippen LogP) is -0.121. The van der Waals surface area contributed by atoms with Crippen molar-refractivity contribution >= 4 is 11.7 Å². The third-order valence-electron chi connectivity index (χ3n) is 2.69. The van der Waals surface area contributed by atoms with Gasteiger partial charge in [-0.15, -0.1) is 0 Å². The molecule has 2 unspecified atom stereocenters. The second kappa shape index (κ2) is 8.71. The predicted molar refractivity (Wildman–Crippen MR) is 67.5 cm³/mol. The van der Waals surface area contributed by atoms with Crippen LogP contribution in [0, 0.1) is 5.92 Å². The summed E-state index contributed by atoms with van der Waals surface area (Å²) in [5.41, 5.74) is 5.45. The summed E-state index contributed by atoms with van der Waals surface area (Å²) in [5, 5.41) is 11.5. The number of nitrogens with zero attached hydrogens (tertiary/aromatic N) is 2. The smallest absolute Gasteiger partial charge is 0.233 e. The Morgan fingerprint density at radius 1 is 1.39 bits per heavy atom. The molecule has 0 spiro atoms. The molecule has 106 valence electrons. The van der Waals surface area contributed by atoms with E-state index in [-0.39, 0.29) is 17.8 Å². The molecule has 0 aromatic heterocycles. The number of amidine groups is 1. The molecule has 3 N–H and O–H groups in total. The minimum Gasteiger partial charge on any atom is -0.409 e. The number of amides is 1. The highest BCUT2D eigenvalue weighted by molar-refractivity contribution is 6.01. The average molecular weight is 261 g/mol. The Balaban J connectivity index is 4.77. The molecule has 0 saturated carbocycles. The van der Waals surface area contributed by atoms with Gasteiger partial charge in [-0.05, 0) is 13.8 Å². The molecule has 0 fully saturated rings. The number of rotatable bonds is 8. The number of oxime groups is 1. The largest absolute Gasteiger partial charge is 0.409 e. The molecule has 0 aliphatic heterocycles. The lowest BCUT2D eigenvalue weighted by atomic mass is 10.1. The molecule has 7 nitrogen and oxygen atoms in total. The molecule has 0 bridgehead atoms. The van der Waals surface area contributed by atoms with Crippen LogP contribution in [0.4, 0.5) is 0 Å². The molecule has 2 atom stereocenters. The summed E-state index contributed by atoms with van der Waals surface area (Å²) in [6, 6.07) is -0.105. The second-order valence-corrected chi connectivity index (χ2v) is 4.08. The molecule has 0 heterocycles. The molecule has 1 amide bonds. The van der Waals surface area contributed by atoms with Crippen molar-refractivity contribution in [3.05, 3.63) is 0 Å². The molecular weight excluding hydrogens is 238 g/mol. The maximum atomic E-state index is 12.2. The summed E-state index contributed by atoms with van der Waals surface area (Å²) in [4.78, 5) is 13.8. The number of methoxy groups -OCH3 is 2. The third-order valence-corrected chi connectivity index (χ3v) is 2.69. The maximum absolute atomic E-state index is 12.2. The molecule has 0 aromatic carbocycles. The van der Waals surface area contributed by atoms with Crippen LogP contribution in [0.3, 0.4) is 0 Å². The maximum Gasteiger partial charge on any atom is 0.233 e.